The third kappa shape index (κ3) is 11.6. The van der Waals surface area contributed by atoms with Gasteiger partial charge in [0.15, 0.2) is 0 Å². The van der Waals surface area contributed by atoms with Crippen LogP contribution in [0.25, 0.3) is 66.8 Å². The van der Waals surface area contributed by atoms with E-state index < -0.39 is 13.1 Å². The molecule has 0 heterocycles. The van der Waals surface area contributed by atoms with Crippen molar-refractivity contribution in [1.29, 1.82) is 0 Å². The van der Waals surface area contributed by atoms with E-state index in [0.29, 0.717) is 0 Å². The van der Waals surface area contributed by atoms with Crippen molar-refractivity contribution in [2.45, 2.75) is 240 Å². The van der Waals surface area contributed by atoms with E-state index in [1.807, 2.05) is 0 Å². The Morgan fingerprint density at radius 2 is 0.337 bits per heavy atom. The van der Waals surface area contributed by atoms with Gasteiger partial charge < -0.3 is 37.2 Å². The Balaban J connectivity index is 0.00000451. The van der Waals surface area contributed by atoms with Crippen LogP contribution in [0, 0.1) is 208 Å². The molecule has 10 rings (SSSR count). The monoisotopic (exact) mass is 1410 g/mol. The van der Waals surface area contributed by atoms with Crippen LogP contribution in [0.5, 0.6) is 0 Å². The first-order valence-electron chi connectivity index (χ1n) is 35.2. The van der Waals surface area contributed by atoms with E-state index in [9.17, 15) is 0 Å². The standard InChI is InChI=1S/C93H111Si.3ClH.Ti/c1-45-44-93(34,77(33)46(45)2)94(84-38-78(87-65(21)53(9)47(3)54(10)66(87)22)35-79(39-84)88-67(23)55(11)48(4)56(12)68(88)24,85-40-80(89-69(25)57(13)49(5)58(14)70(89)26)36-81(41-85)90-71(27)59(15)50(6)60(16)72(90)28)86-42-82(91-73(29)61(17)51(7)62(18)74(91)30)37-83(43-86)92-75(31)63(19)52(8)64(20)76(92)32;;;;/h35-43H,1-34H3;3*1H;/q;;;;+3/p-3. The van der Waals surface area contributed by atoms with E-state index in [4.69, 9.17) is 0 Å². The van der Waals surface area contributed by atoms with E-state index in [0.717, 1.165) is 0 Å². The molecule has 0 fully saturated rings. The summed E-state index contributed by atoms with van der Waals surface area (Å²) in [6.45, 7) is 81.5. The van der Waals surface area contributed by atoms with Gasteiger partial charge in [0.2, 0.25) is 0 Å². The summed E-state index contributed by atoms with van der Waals surface area (Å²) in [7, 11) is -3.86. The number of benzene rings is 9. The first-order valence-corrected chi connectivity index (χ1v) is 38.0. The molecule has 0 nitrogen and oxygen atoms in total. The Hall–Kier alpha value is -5.74. The van der Waals surface area contributed by atoms with Crippen molar-refractivity contribution in [2.75, 3.05) is 0 Å². The summed E-state index contributed by atoms with van der Waals surface area (Å²) in [5, 5.41) is 3.79. The van der Waals surface area contributed by atoms with Crippen LogP contribution in [0.4, 0.5) is 0 Å². The molecule has 1 unspecified atom stereocenters. The van der Waals surface area contributed by atoms with Crippen molar-refractivity contribution in [1.82, 2.24) is 0 Å². The van der Waals surface area contributed by atoms with Gasteiger partial charge in [0.05, 0.1) is 0 Å². The first-order chi connectivity index (χ1) is 44.2. The van der Waals surface area contributed by atoms with Crippen LogP contribution in [0.3, 0.4) is 0 Å². The SMILES string of the molecule is CC1=C(C)C(C)([Si](c2cc(-c3c(C)c(C)c(C)c(C)c3C)cc(-c3c(C)c(C)c(C)c(C)c3C)c2)(c2cc(-c3c(C)c(C)c(C)c(C)c3C)cc(-c3c(C)c(C)c(C)c(C)c3C)c2)c2cc(-c3c(C)c(C)c(C)c(C)c3C)cc(-c3c(C)c(C)c(C)c(C)c3C)c2)[C]([Ti+3])=C1C.[Cl-].[Cl-].[Cl-]. The summed E-state index contributed by atoms with van der Waals surface area (Å²) in [5.74, 6) is 0. The van der Waals surface area contributed by atoms with Crippen molar-refractivity contribution < 1.29 is 57.7 Å². The summed E-state index contributed by atoms with van der Waals surface area (Å²) in [6.07, 6.45) is 0. The zero-order chi connectivity index (χ0) is 70.7. The molecule has 1 aliphatic carbocycles. The van der Waals surface area contributed by atoms with E-state index in [1.54, 1.807) is 0 Å². The van der Waals surface area contributed by atoms with Gasteiger partial charge in [0, 0.05) is 0 Å². The van der Waals surface area contributed by atoms with Crippen LogP contribution in [0.15, 0.2) is 75.2 Å². The van der Waals surface area contributed by atoms with Gasteiger partial charge in [-0.15, -0.1) is 0 Å². The largest absolute Gasteiger partial charge is 1.00 e. The number of hydrogen-bond donors (Lipinski definition) is 0. The molecule has 98 heavy (non-hydrogen) atoms. The van der Waals surface area contributed by atoms with Crippen LogP contribution in [0.2, 0.25) is 5.04 Å². The van der Waals surface area contributed by atoms with Crippen LogP contribution >= 0.6 is 0 Å². The van der Waals surface area contributed by atoms with Gasteiger partial charge in [-0.2, -0.15) is 0 Å². The molecule has 0 amide bonds. The van der Waals surface area contributed by atoms with Crippen molar-refractivity contribution >= 4 is 23.6 Å². The van der Waals surface area contributed by atoms with Crippen LogP contribution in [-0.2, 0) is 20.4 Å². The second-order valence-corrected chi connectivity index (χ2v) is 35.5. The molecule has 1 atom stereocenters. The Morgan fingerprint density at radius 3 is 0.459 bits per heavy atom. The minimum atomic E-state index is -3.86. The van der Waals surface area contributed by atoms with E-state index in [-0.39, 0.29) is 37.2 Å². The molecule has 0 saturated heterocycles. The second-order valence-electron chi connectivity index (χ2n) is 30.5. The average molecular weight is 1410 g/mol. The Kier molecular flexibility index (Phi) is 22.9. The molecule has 0 radical (unpaired) electrons. The molecular weight excluding hydrogens is 1300 g/mol. The fraction of sp³-hybridized carbons (Fsp3) is 0.376. The summed E-state index contributed by atoms with van der Waals surface area (Å²) in [6, 6.07) is 24.6. The third-order valence-electron chi connectivity index (χ3n) is 27.3. The predicted octanol–water partition coefficient (Wildman–Crippen LogP) is 15.4. The summed E-state index contributed by atoms with van der Waals surface area (Å²) in [5.41, 5.74) is 61.5. The second kappa shape index (κ2) is 28.2. The zero-order valence-corrected chi connectivity index (χ0v) is 71.2. The quantitative estimate of drug-likeness (QED) is 0.0946. The first kappa shape index (κ1) is 79.6. The molecule has 9 aromatic carbocycles. The minimum absolute atomic E-state index is 0. The van der Waals surface area contributed by atoms with Gasteiger partial charge in [-0.3, -0.25) is 0 Å². The molecule has 512 valence electrons. The van der Waals surface area contributed by atoms with Gasteiger partial charge in [0.1, 0.15) is 0 Å². The summed E-state index contributed by atoms with van der Waals surface area (Å²) >= 11 is 2.54. The predicted molar refractivity (Wildman–Crippen MR) is 418 cm³/mol. The molecule has 0 aliphatic heterocycles. The van der Waals surface area contributed by atoms with E-state index in [1.165, 1.54) is 270 Å². The van der Waals surface area contributed by atoms with Crippen molar-refractivity contribution in [2.24, 2.45) is 0 Å². The number of allylic oxidation sites excluding steroid dienone is 4. The Labute approximate surface area is 625 Å². The van der Waals surface area contributed by atoms with Crippen LogP contribution in [0.1, 0.15) is 195 Å². The van der Waals surface area contributed by atoms with E-state index >= 15 is 0 Å². The fourth-order valence-electron chi connectivity index (χ4n) is 18.2. The fourth-order valence-corrected chi connectivity index (χ4v) is 26.0. The molecule has 0 aromatic heterocycles. The van der Waals surface area contributed by atoms with Gasteiger partial charge in [-0.05, 0) is 0 Å². The number of hydrogen-bond acceptors (Lipinski definition) is 0. The topological polar surface area (TPSA) is 0 Å². The van der Waals surface area contributed by atoms with Crippen molar-refractivity contribution in [3.8, 4) is 66.8 Å². The summed E-state index contributed by atoms with van der Waals surface area (Å²) < 4.78 is 1.47. The van der Waals surface area contributed by atoms with Crippen LogP contribution in [-0.4, -0.2) is 8.07 Å². The average Bonchev–Trinajstić information content (AvgIpc) is 1.32. The maximum absolute atomic E-state index is 3.86. The summed E-state index contributed by atoms with van der Waals surface area (Å²) in [4.78, 5) is 0. The van der Waals surface area contributed by atoms with Gasteiger partial charge in [-0.25, -0.2) is 0 Å². The van der Waals surface area contributed by atoms with Crippen molar-refractivity contribution in [3.63, 3.8) is 0 Å². The Morgan fingerprint density at radius 1 is 0.204 bits per heavy atom. The Bertz CT molecular complexity index is 4060. The number of rotatable bonds is 10. The molecule has 9 aromatic rings. The molecule has 0 N–H and O–H groups in total. The number of halogens is 3. The normalized spacial score (nSPS) is 14.0. The zero-order valence-electron chi connectivity index (χ0n) is 66.3. The molecule has 0 spiro atoms. The van der Waals surface area contributed by atoms with Crippen molar-refractivity contribution in [3.05, 3.63) is 242 Å². The van der Waals surface area contributed by atoms with Crippen LogP contribution < -0.4 is 52.8 Å². The maximum atomic E-state index is 2.78. The van der Waals surface area contributed by atoms with Gasteiger partial charge >= 0.3 is 593 Å². The molecule has 0 bridgehead atoms. The smallest absolute Gasteiger partial charge is 1.00 e. The molecular formula is C93H111Cl3SiTi. The van der Waals surface area contributed by atoms with Gasteiger partial charge in [-0.1, -0.05) is 0 Å². The molecule has 0 saturated carbocycles. The molecule has 1 aliphatic rings. The maximum Gasteiger partial charge on any atom is -1.00 e. The third-order valence-corrected chi connectivity index (χ3v) is 34.7. The van der Waals surface area contributed by atoms with Gasteiger partial charge in [0.25, 0.3) is 0 Å². The minimum Gasteiger partial charge on any atom is -1.00 e. The molecule has 5 heteroatoms. The van der Waals surface area contributed by atoms with E-state index in [2.05, 4.69) is 310 Å².